The van der Waals surface area contributed by atoms with Crippen LogP contribution in [0.2, 0.25) is 0 Å². The molecule has 0 aromatic carbocycles. The Labute approximate surface area is 138 Å². The number of H-pyrrole nitrogens is 1. The van der Waals surface area contributed by atoms with Gasteiger partial charge in [0.15, 0.2) is 12.1 Å². The number of carbonyl (C=O) groups excluding carboxylic acids is 1. The van der Waals surface area contributed by atoms with Crippen molar-refractivity contribution in [2.75, 3.05) is 0 Å². The molecule has 0 aliphatic carbocycles. The minimum Gasteiger partial charge on any atom is -0.343 e. The molecule has 3 rings (SSSR count). The summed E-state index contributed by atoms with van der Waals surface area (Å²) < 4.78 is 1.88. The van der Waals surface area contributed by atoms with Crippen molar-refractivity contribution in [3.63, 3.8) is 0 Å². The maximum Gasteiger partial charge on any atom is 0.168 e. The van der Waals surface area contributed by atoms with Crippen LogP contribution in [0.3, 0.4) is 0 Å². The molecular weight excluding hydrogens is 400 g/mol. The second-order valence-corrected chi connectivity index (χ2v) is 5.65. The topological polar surface area (TPSA) is 71.5 Å². The number of imidazole rings is 1. The summed E-state index contributed by atoms with van der Waals surface area (Å²) in [4.78, 5) is 25.1. The van der Waals surface area contributed by atoms with Gasteiger partial charge in [0, 0.05) is 33.7 Å². The van der Waals surface area contributed by atoms with Gasteiger partial charge in [-0.15, -0.1) is 0 Å². The lowest BCUT2D eigenvalue weighted by Gasteiger charge is -1.94. The van der Waals surface area contributed by atoms with Crippen LogP contribution in [-0.4, -0.2) is 26.2 Å². The lowest BCUT2D eigenvalue weighted by molar-refractivity contribution is 0.111. The molecule has 0 saturated carbocycles. The lowest BCUT2D eigenvalue weighted by Crippen LogP contribution is -1.83. The Hall–Kier alpha value is -1.86. The molecule has 21 heavy (non-hydrogen) atoms. The highest BCUT2D eigenvalue weighted by atomic mass is 79.9. The number of aromatic amines is 1. The number of aldehydes is 1. The zero-order chi connectivity index (χ0) is 15.1. The first kappa shape index (κ1) is 15.5. The predicted molar refractivity (Wildman–Crippen MR) is 86.8 cm³/mol. The Bertz CT molecular complexity index is 717. The fraction of sp³-hybridized carbons (Fsp3) is 0. The summed E-state index contributed by atoms with van der Waals surface area (Å²) in [7, 11) is 0. The summed E-state index contributed by atoms with van der Waals surface area (Å²) in [5.74, 6) is 0.788. The van der Waals surface area contributed by atoms with Crippen LogP contribution in [0.25, 0.3) is 11.5 Å². The van der Waals surface area contributed by atoms with Crippen molar-refractivity contribution in [3.05, 3.63) is 63.7 Å². The van der Waals surface area contributed by atoms with E-state index in [-0.39, 0.29) is 0 Å². The third-order valence-corrected chi connectivity index (χ3v) is 3.31. The van der Waals surface area contributed by atoms with Crippen molar-refractivity contribution < 1.29 is 4.79 Å². The van der Waals surface area contributed by atoms with E-state index in [9.17, 15) is 4.79 Å². The van der Waals surface area contributed by atoms with Crippen LogP contribution in [0.1, 0.15) is 10.5 Å². The molecular formula is C14H10Br2N4O. The number of carbonyl (C=O) groups is 1. The fourth-order valence-electron chi connectivity index (χ4n) is 1.43. The average molecular weight is 410 g/mol. The molecule has 5 nitrogen and oxygen atoms in total. The molecule has 0 unspecified atom stereocenters. The summed E-state index contributed by atoms with van der Waals surface area (Å²) >= 11 is 6.57. The summed E-state index contributed by atoms with van der Waals surface area (Å²) in [5, 5.41) is 0. The van der Waals surface area contributed by atoms with Gasteiger partial charge in [0.05, 0.1) is 0 Å². The van der Waals surface area contributed by atoms with E-state index in [2.05, 4.69) is 51.8 Å². The van der Waals surface area contributed by atoms with Crippen LogP contribution in [0.15, 0.2) is 58.0 Å². The number of nitrogens with one attached hydrogen (secondary N) is 1. The SMILES string of the molecule is Brc1ccnc(-c2ncc[nH]2)c1.O=Cc1cc(Br)ccn1. The first-order valence-electron chi connectivity index (χ1n) is 5.87. The van der Waals surface area contributed by atoms with E-state index in [0.29, 0.717) is 12.0 Å². The van der Waals surface area contributed by atoms with Crippen molar-refractivity contribution in [1.29, 1.82) is 0 Å². The molecule has 0 bridgehead atoms. The number of pyridine rings is 2. The van der Waals surface area contributed by atoms with E-state index >= 15 is 0 Å². The monoisotopic (exact) mass is 408 g/mol. The molecule has 0 spiro atoms. The molecule has 0 radical (unpaired) electrons. The second kappa shape index (κ2) is 7.80. The summed E-state index contributed by atoms with van der Waals surface area (Å²) in [6, 6.07) is 7.23. The minimum atomic E-state index is 0.448. The second-order valence-electron chi connectivity index (χ2n) is 3.81. The quantitative estimate of drug-likeness (QED) is 0.651. The summed E-state index contributed by atoms with van der Waals surface area (Å²) in [6.07, 6.45) is 7.51. The van der Waals surface area contributed by atoms with Crippen molar-refractivity contribution in [2.24, 2.45) is 0 Å². The van der Waals surface area contributed by atoms with Gasteiger partial charge in [0.1, 0.15) is 11.4 Å². The standard InChI is InChI=1S/C8H6BrN3.C6H4BrNO/c9-6-1-2-10-7(5-6)8-11-3-4-12-8;7-5-1-2-8-6(3-5)4-9/h1-5H,(H,11,12);1-4H. The highest BCUT2D eigenvalue weighted by Crippen LogP contribution is 2.16. The largest absolute Gasteiger partial charge is 0.343 e. The smallest absolute Gasteiger partial charge is 0.168 e. The molecule has 0 saturated heterocycles. The van der Waals surface area contributed by atoms with Crippen molar-refractivity contribution >= 4 is 38.1 Å². The molecule has 3 aromatic rings. The Balaban J connectivity index is 0.000000161. The molecule has 3 aromatic heterocycles. The molecule has 7 heteroatoms. The average Bonchev–Trinajstić information content (AvgIpc) is 3.02. The van der Waals surface area contributed by atoms with Crippen LogP contribution in [0.4, 0.5) is 0 Å². The van der Waals surface area contributed by atoms with Crippen LogP contribution in [0.5, 0.6) is 0 Å². The van der Waals surface area contributed by atoms with Gasteiger partial charge in [-0.05, 0) is 24.3 Å². The maximum atomic E-state index is 10.1. The third kappa shape index (κ3) is 4.87. The Kier molecular flexibility index (Phi) is 5.77. The van der Waals surface area contributed by atoms with E-state index in [1.165, 1.54) is 0 Å². The van der Waals surface area contributed by atoms with E-state index in [0.717, 1.165) is 20.5 Å². The Morgan fingerprint density at radius 1 is 0.952 bits per heavy atom. The third-order valence-electron chi connectivity index (χ3n) is 2.33. The minimum absolute atomic E-state index is 0.448. The fourth-order valence-corrected chi connectivity index (χ4v) is 2.11. The van der Waals surface area contributed by atoms with E-state index in [1.807, 2.05) is 12.1 Å². The molecule has 1 N–H and O–H groups in total. The van der Waals surface area contributed by atoms with E-state index < -0.39 is 0 Å². The van der Waals surface area contributed by atoms with Crippen molar-refractivity contribution in [2.45, 2.75) is 0 Å². The van der Waals surface area contributed by atoms with Gasteiger partial charge in [0.2, 0.25) is 0 Å². The number of rotatable bonds is 2. The number of hydrogen-bond acceptors (Lipinski definition) is 4. The van der Waals surface area contributed by atoms with Crippen LogP contribution >= 0.6 is 31.9 Å². The Morgan fingerprint density at radius 2 is 1.67 bits per heavy atom. The highest BCUT2D eigenvalue weighted by molar-refractivity contribution is 9.10. The molecule has 0 aliphatic heterocycles. The number of nitrogens with zero attached hydrogens (tertiary/aromatic N) is 3. The Morgan fingerprint density at radius 3 is 2.19 bits per heavy atom. The zero-order valence-electron chi connectivity index (χ0n) is 10.7. The lowest BCUT2D eigenvalue weighted by atomic mass is 10.3. The van der Waals surface area contributed by atoms with Crippen molar-refractivity contribution in [3.8, 4) is 11.5 Å². The molecule has 0 aliphatic rings. The number of aromatic nitrogens is 4. The zero-order valence-corrected chi connectivity index (χ0v) is 13.9. The van der Waals surface area contributed by atoms with Gasteiger partial charge in [-0.2, -0.15) is 0 Å². The highest BCUT2D eigenvalue weighted by Gasteiger charge is 2.00. The van der Waals surface area contributed by atoms with Crippen LogP contribution < -0.4 is 0 Å². The summed E-state index contributed by atoms with van der Waals surface area (Å²) in [5.41, 5.74) is 1.29. The molecule has 106 valence electrons. The summed E-state index contributed by atoms with van der Waals surface area (Å²) in [6.45, 7) is 0. The first-order chi connectivity index (χ1) is 10.2. The molecule has 3 heterocycles. The number of hydrogen-bond donors (Lipinski definition) is 1. The molecule has 0 fully saturated rings. The maximum absolute atomic E-state index is 10.1. The van der Waals surface area contributed by atoms with Gasteiger partial charge >= 0.3 is 0 Å². The van der Waals surface area contributed by atoms with E-state index in [4.69, 9.17) is 0 Å². The predicted octanol–water partition coefficient (Wildman–Crippen LogP) is 3.89. The van der Waals surface area contributed by atoms with Gasteiger partial charge < -0.3 is 4.98 Å². The van der Waals surface area contributed by atoms with Gasteiger partial charge in [-0.25, -0.2) is 4.98 Å². The van der Waals surface area contributed by atoms with Crippen LogP contribution in [0, 0.1) is 0 Å². The van der Waals surface area contributed by atoms with E-state index in [1.54, 1.807) is 36.9 Å². The molecule has 0 atom stereocenters. The first-order valence-corrected chi connectivity index (χ1v) is 7.45. The van der Waals surface area contributed by atoms with Crippen molar-refractivity contribution in [1.82, 2.24) is 19.9 Å². The van der Waals surface area contributed by atoms with Gasteiger partial charge in [-0.1, -0.05) is 31.9 Å². The number of halogens is 2. The van der Waals surface area contributed by atoms with Gasteiger partial charge in [-0.3, -0.25) is 14.8 Å². The molecule has 0 amide bonds. The van der Waals surface area contributed by atoms with Gasteiger partial charge in [0.25, 0.3) is 0 Å². The normalized spacial score (nSPS) is 9.62. The van der Waals surface area contributed by atoms with Crippen LogP contribution in [-0.2, 0) is 0 Å².